The second kappa shape index (κ2) is 7.54. The second-order valence-electron chi connectivity index (χ2n) is 4.18. The Labute approximate surface area is 138 Å². The van der Waals surface area contributed by atoms with Gasteiger partial charge in [-0.1, -0.05) is 37.1 Å². The molecule has 103 valence electrons. The summed E-state index contributed by atoms with van der Waals surface area (Å²) < 4.78 is 2.49. The van der Waals surface area contributed by atoms with Crippen molar-refractivity contribution in [3.05, 3.63) is 63.7 Å². The molecule has 0 fully saturated rings. The SMILES string of the molecule is O=C(NCCc1cccc(I)c1)N(S)c1cc[c]cc1. The van der Waals surface area contributed by atoms with E-state index in [0.29, 0.717) is 6.54 Å². The number of anilines is 1. The molecule has 0 aliphatic rings. The average Bonchev–Trinajstić information content (AvgIpc) is 2.47. The normalized spacial score (nSPS) is 10.1. The molecule has 0 bridgehead atoms. The molecule has 2 amide bonds. The van der Waals surface area contributed by atoms with Crippen molar-refractivity contribution in [3.63, 3.8) is 0 Å². The lowest BCUT2D eigenvalue weighted by molar-refractivity contribution is 0.250. The van der Waals surface area contributed by atoms with Crippen LogP contribution in [-0.4, -0.2) is 12.6 Å². The smallest absolute Gasteiger partial charge is 0.331 e. The molecule has 0 aliphatic heterocycles. The number of nitrogens with zero attached hydrogens (tertiary/aromatic N) is 1. The van der Waals surface area contributed by atoms with Gasteiger partial charge in [-0.2, -0.15) is 0 Å². The highest BCUT2D eigenvalue weighted by Crippen LogP contribution is 2.14. The highest BCUT2D eigenvalue weighted by Gasteiger charge is 2.10. The summed E-state index contributed by atoms with van der Waals surface area (Å²) in [6, 6.07) is 18.0. The topological polar surface area (TPSA) is 32.3 Å². The van der Waals surface area contributed by atoms with Gasteiger partial charge < -0.3 is 5.32 Å². The maximum atomic E-state index is 11.9. The summed E-state index contributed by atoms with van der Waals surface area (Å²) in [7, 11) is 0. The van der Waals surface area contributed by atoms with Crippen LogP contribution in [0, 0.1) is 9.64 Å². The van der Waals surface area contributed by atoms with Crippen LogP contribution in [0.15, 0.2) is 48.5 Å². The van der Waals surface area contributed by atoms with E-state index >= 15 is 0 Å². The maximum absolute atomic E-state index is 11.9. The maximum Gasteiger partial charge on any atom is 0.331 e. The van der Waals surface area contributed by atoms with E-state index in [-0.39, 0.29) is 6.03 Å². The first-order valence-electron chi connectivity index (χ1n) is 6.14. The zero-order valence-corrected chi connectivity index (χ0v) is 13.8. The molecule has 2 rings (SSSR count). The highest BCUT2D eigenvalue weighted by molar-refractivity contribution is 14.1. The Balaban J connectivity index is 1.83. The second-order valence-corrected chi connectivity index (χ2v) is 5.83. The molecule has 0 saturated heterocycles. The lowest BCUT2D eigenvalue weighted by Gasteiger charge is -2.16. The first-order chi connectivity index (χ1) is 9.66. The van der Waals surface area contributed by atoms with Gasteiger partial charge in [-0.25, -0.2) is 9.10 Å². The molecule has 0 spiro atoms. The van der Waals surface area contributed by atoms with Gasteiger partial charge in [0.25, 0.3) is 0 Å². The Bertz CT molecular complexity index is 577. The third-order valence-electron chi connectivity index (χ3n) is 2.72. The third kappa shape index (κ3) is 4.42. The lowest BCUT2D eigenvalue weighted by atomic mass is 10.1. The first-order valence-corrected chi connectivity index (χ1v) is 7.62. The molecule has 0 atom stereocenters. The van der Waals surface area contributed by atoms with Gasteiger partial charge in [0.05, 0.1) is 5.69 Å². The largest absolute Gasteiger partial charge is 0.337 e. The molecule has 3 nitrogen and oxygen atoms in total. The third-order valence-corrected chi connectivity index (χ3v) is 3.80. The van der Waals surface area contributed by atoms with E-state index in [4.69, 9.17) is 0 Å². The summed E-state index contributed by atoms with van der Waals surface area (Å²) in [5.74, 6) is 0. The number of rotatable bonds is 4. The van der Waals surface area contributed by atoms with Gasteiger partial charge in [-0.05, 0) is 64.9 Å². The molecule has 0 heterocycles. The molecule has 0 saturated carbocycles. The Morgan fingerprint density at radius 3 is 2.75 bits per heavy atom. The molecule has 0 aromatic heterocycles. The van der Waals surface area contributed by atoms with Gasteiger partial charge in [-0.3, -0.25) is 0 Å². The van der Waals surface area contributed by atoms with E-state index in [1.54, 1.807) is 24.3 Å². The summed E-state index contributed by atoms with van der Waals surface area (Å²) in [6.07, 6.45) is 0.798. The number of carbonyl (C=O) groups is 1. The zero-order valence-electron chi connectivity index (χ0n) is 10.7. The molecule has 20 heavy (non-hydrogen) atoms. The molecule has 5 heteroatoms. The van der Waals surface area contributed by atoms with Gasteiger partial charge in [0.1, 0.15) is 0 Å². The first kappa shape index (κ1) is 15.2. The van der Waals surface area contributed by atoms with Gasteiger partial charge in [0.2, 0.25) is 0 Å². The summed E-state index contributed by atoms with van der Waals surface area (Å²) >= 11 is 6.48. The minimum Gasteiger partial charge on any atom is -0.337 e. The fourth-order valence-electron chi connectivity index (χ4n) is 1.72. The van der Waals surface area contributed by atoms with Crippen molar-refractivity contribution in [1.82, 2.24) is 5.32 Å². The predicted octanol–water partition coefficient (Wildman–Crippen LogP) is 3.69. The molecular formula is C15H14IN2OS. The number of urea groups is 1. The molecule has 0 aliphatic carbocycles. The monoisotopic (exact) mass is 397 g/mol. The Kier molecular flexibility index (Phi) is 5.72. The summed E-state index contributed by atoms with van der Waals surface area (Å²) in [5.41, 5.74) is 1.93. The quantitative estimate of drug-likeness (QED) is 0.599. The van der Waals surface area contributed by atoms with E-state index in [1.807, 2.05) is 12.1 Å². The van der Waals surface area contributed by atoms with Crippen LogP contribution in [0.2, 0.25) is 0 Å². The number of carbonyl (C=O) groups excluding carboxylic acids is 1. The molecule has 1 N–H and O–H groups in total. The zero-order chi connectivity index (χ0) is 14.4. The lowest BCUT2D eigenvalue weighted by Crippen LogP contribution is -2.35. The van der Waals surface area contributed by atoms with E-state index in [1.165, 1.54) is 13.4 Å². The number of nitrogens with one attached hydrogen (secondary N) is 1. The van der Waals surface area contributed by atoms with Crippen LogP contribution < -0.4 is 9.62 Å². The van der Waals surface area contributed by atoms with E-state index < -0.39 is 0 Å². The number of halogens is 1. The number of hydrogen-bond donors (Lipinski definition) is 2. The van der Waals surface area contributed by atoms with Crippen molar-refractivity contribution >= 4 is 47.1 Å². The molecule has 0 unspecified atom stereocenters. The summed E-state index contributed by atoms with van der Waals surface area (Å²) in [5, 5.41) is 2.85. The minimum absolute atomic E-state index is 0.231. The Hall–Kier alpha value is -1.21. The van der Waals surface area contributed by atoms with E-state index in [9.17, 15) is 4.79 Å². The van der Waals surface area contributed by atoms with Crippen molar-refractivity contribution in [2.45, 2.75) is 6.42 Å². The van der Waals surface area contributed by atoms with Gasteiger partial charge in [0.15, 0.2) is 0 Å². The van der Waals surface area contributed by atoms with Crippen molar-refractivity contribution in [3.8, 4) is 0 Å². The summed E-state index contributed by atoms with van der Waals surface area (Å²) in [4.78, 5) is 11.9. The molecular weight excluding hydrogens is 383 g/mol. The fourth-order valence-corrected chi connectivity index (χ4v) is 2.53. The Morgan fingerprint density at radius 2 is 2.05 bits per heavy atom. The van der Waals surface area contributed by atoms with Gasteiger partial charge in [-0.15, -0.1) is 0 Å². The van der Waals surface area contributed by atoms with Crippen LogP contribution in [0.4, 0.5) is 10.5 Å². The summed E-state index contributed by atoms with van der Waals surface area (Å²) in [6.45, 7) is 0.578. The minimum atomic E-state index is -0.231. The number of benzene rings is 2. The van der Waals surface area contributed by atoms with Crippen molar-refractivity contribution in [2.24, 2.45) is 0 Å². The van der Waals surface area contributed by atoms with Crippen LogP contribution in [0.5, 0.6) is 0 Å². The molecule has 2 aromatic rings. The van der Waals surface area contributed by atoms with Crippen LogP contribution in [0.25, 0.3) is 0 Å². The van der Waals surface area contributed by atoms with Crippen LogP contribution in [-0.2, 0) is 6.42 Å². The van der Waals surface area contributed by atoms with E-state index in [0.717, 1.165) is 12.1 Å². The van der Waals surface area contributed by atoms with Crippen LogP contribution in [0.3, 0.4) is 0 Å². The highest BCUT2D eigenvalue weighted by atomic mass is 127. The Morgan fingerprint density at radius 1 is 1.30 bits per heavy atom. The standard InChI is InChI=1S/C15H14IN2OS/c16-13-6-4-5-12(11-13)9-10-17-15(19)18(20)14-7-2-1-3-8-14/h2-8,11,20H,9-10H2,(H,17,19). The van der Waals surface area contributed by atoms with Crippen molar-refractivity contribution < 1.29 is 4.79 Å². The van der Waals surface area contributed by atoms with Gasteiger partial charge >= 0.3 is 6.03 Å². The van der Waals surface area contributed by atoms with E-state index in [2.05, 4.69) is 58.9 Å². The molecule has 2 aromatic carbocycles. The number of hydrogen-bond acceptors (Lipinski definition) is 2. The van der Waals surface area contributed by atoms with Crippen molar-refractivity contribution in [2.75, 3.05) is 10.8 Å². The van der Waals surface area contributed by atoms with Crippen molar-refractivity contribution in [1.29, 1.82) is 0 Å². The van der Waals surface area contributed by atoms with Gasteiger partial charge in [0, 0.05) is 10.1 Å². The number of amides is 2. The molecule has 1 radical (unpaired) electrons. The number of thiol groups is 1. The fraction of sp³-hybridized carbons (Fsp3) is 0.133. The predicted molar refractivity (Wildman–Crippen MR) is 93.0 cm³/mol. The average molecular weight is 397 g/mol. The van der Waals surface area contributed by atoms with Crippen LogP contribution in [0.1, 0.15) is 5.56 Å². The van der Waals surface area contributed by atoms with Crippen LogP contribution >= 0.6 is 35.4 Å².